The Morgan fingerprint density at radius 3 is 0.723 bits per heavy atom. The summed E-state index contributed by atoms with van der Waals surface area (Å²) in [5.41, 5.74) is 0. The Morgan fingerprint density at radius 2 is 0.468 bits per heavy atom. The van der Waals surface area contributed by atoms with Crippen LogP contribution in [-0.4, -0.2) is 121 Å². The van der Waals surface area contributed by atoms with E-state index in [9.17, 15) is 0 Å². The van der Waals surface area contributed by atoms with Gasteiger partial charge in [0.25, 0.3) is 0 Å². The molecule has 0 aromatic carbocycles. The van der Waals surface area contributed by atoms with E-state index in [1.54, 1.807) is 0 Å². The van der Waals surface area contributed by atoms with E-state index in [4.69, 9.17) is 42.3 Å². The van der Waals surface area contributed by atoms with E-state index in [-0.39, 0.29) is 0 Å². The summed E-state index contributed by atoms with van der Waals surface area (Å²) < 4.78 is 50.0. The molecule has 0 unspecified atom stereocenters. The SMILES string of the molecule is CCCCCCCCCCCCCCCCCCOCCOCCOCCOCCOCCOCCOCCOCCO[Si](C)(C)C. The van der Waals surface area contributed by atoms with Crippen molar-refractivity contribution >= 4 is 8.32 Å². The molecule has 0 N–H and O–H groups in total. The second kappa shape index (κ2) is 40.3. The van der Waals surface area contributed by atoms with Crippen LogP contribution in [0.2, 0.25) is 19.6 Å². The van der Waals surface area contributed by atoms with Crippen LogP contribution in [0.25, 0.3) is 0 Å². The van der Waals surface area contributed by atoms with Crippen LogP contribution in [0.4, 0.5) is 0 Å². The van der Waals surface area contributed by atoms with E-state index in [2.05, 4.69) is 26.6 Å². The molecule has 0 radical (unpaired) electrons. The van der Waals surface area contributed by atoms with Gasteiger partial charge in [-0.15, -0.1) is 0 Å². The lowest BCUT2D eigenvalue weighted by atomic mass is 10.0. The monoisotopic (exact) mass is 695 g/mol. The van der Waals surface area contributed by atoms with Gasteiger partial charge in [0.2, 0.25) is 0 Å². The molecule has 10 heteroatoms. The van der Waals surface area contributed by atoms with Gasteiger partial charge in [0.15, 0.2) is 8.32 Å². The van der Waals surface area contributed by atoms with Crippen molar-refractivity contribution in [2.75, 3.05) is 112 Å². The van der Waals surface area contributed by atoms with Gasteiger partial charge in [-0.1, -0.05) is 103 Å². The first-order chi connectivity index (χ1) is 23.1. The lowest BCUT2D eigenvalue weighted by Crippen LogP contribution is -2.27. The lowest BCUT2D eigenvalue weighted by molar-refractivity contribution is -0.0237. The van der Waals surface area contributed by atoms with Crippen LogP contribution in [0.1, 0.15) is 110 Å². The van der Waals surface area contributed by atoms with Gasteiger partial charge >= 0.3 is 0 Å². The van der Waals surface area contributed by atoms with Gasteiger partial charge in [0, 0.05) is 6.61 Å². The smallest absolute Gasteiger partial charge is 0.183 e. The van der Waals surface area contributed by atoms with Crippen LogP contribution >= 0.6 is 0 Å². The van der Waals surface area contributed by atoms with Crippen LogP contribution in [0, 0.1) is 0 Å². The van der Waals surface area contributed by atoms with E-state index in [1.807, 2.05) is 0 Å². The summed E-state index contributed by atoms with van der Waals surface area (Å²) in [6.45, 7) is 18.9. The molecular weight excluding hydrogens is 616 g/mol. The van der Waals surface area contributed by atoms with Crippen molar-refractivity contribution in [3.63, 3.8) is 0 Å². The minimum Gasteiger partial charge on any atom is -0.415 e. The summed E-state index contributed by atoms with van der Waals surface area (Å²) in [5, 5.41) is 0. The van der Waals surface area contributed by atoms with Crippen LogP contribution in [-0.2, 0) is 42.3 Å². The Balaban J connectivity index is 3.05. The molecule has 284 valence electrons. The highest BCUT2D eigenvalue weighted by Crippen LogP contribution is 2.13. The Hall–Kier alpha value is -0.143. The highest BCUT2D eigenvalue weighted by molar-refractivity contribution is 6.69. The van der Waals surface area contributed by atoms with Gasteiger partial charge in [-0.05, 0) is 26.1 Å². The summed E-state index contributed by atoms with van der Waals surface area (Å²) in [5.74, 6) is 0. The molecule has 0 saturated heterocycles. The third-order valence-electron chi connectivity index (χ3n) is 7.51. The van der Waals surface area contributed by atoms with Gasteiger partial charge in [-0.3, -0.25) is 0 Å². The number of hydrogen-bond donors (Lipinski definition) is 0. The van der Waals surface area contributed by atoms with Gasteiger partial charge in [-0.2, -0.15) is 0 Å². The third kappa shape index (κ3) is 45.9. The summed E-state index contributed by atoms with van der Waals surface area (Å²) in [6.07, 6.45) is 22.3. The standard InChI is InChI=1S/C37H78O9Si/c1-5-6-7-8-9-10-11-12-13-14-15-16-17-18-19-20-21-38-22-23-39-24-25-40-26-27-41-28-29-42-30-31-43-32-33-44-34-35-45-36-37-46-47(2,3)4/h5-37H2,1-4H3. The fourth-order valence-corrected chi connectivity index (χ4v) is 5.50. The Labute approximate surface area is 291 Å². The molecule has 0 aliphatic heterocycles. The molecule has 0 amide bonds. The largest absolute Gasteiger partial charge is 0.415 e. The van der Waals surface area contributed by atoms with Crippen molar-refractivity contribution in [2.45, 2.75) is 129 Å². The molecule has 0 aliphatic rings. The van der Waals surface area contributed by atoms with Gasteiger partial charge in [0.05, 0.1) is 106 Å². The zero-order chi connectivity index (χ0) is 34.2. The average molecular weight is 695 g/mol. The number of hydrogen-bond acceptors (Lipinski definition) is 9. The highest BCUT2D eigenvalue weighted by Gasteiger charge is 2.13. The molecule has 0 fully saturated rings. The van der Waals surface area contributed by atoms with E-state index >= 15 is 0 Å². The van der Waals surface area contributed by atoms with Crippen molar-refractivity contribution in [3.05, 3.63) is 0 Å². The molecule has 0 aliphatic carbocycles. The Morgan fingerprint density at radius 1 is 0.255 bits per heavy atom. The fourth-order valence-electron chi connectivity index (χ4n) is 4.80. The first-order valence-corrected chi connectivity index (χ1v) is 22.7. The topological polar surface area (TPSA) is 83.1 Å². The van der Waals surface area contributed by atoms with E-state index in [0.29, 0.717) is 106 Å². The van der Waals surface area contributed by atoms with Gasteiger partial charge < -0.3 is 42.3 Å². The maximum atomic E-state index is 5.73. The minimum atomic E-state index is -1.44. The second-order valence-electron chi connectivity index (χ2n) is 13.2. The van der Waals surface area contributed by atoms with Crippen molar-refractivity contribution in [2.24, 2.45) is 0 Å². The van der Waals surface area contributed by atoms with Crippen molar-refractivity contribution in [1.82, 2.24) is 0 Å². The highest BCUT2D eigenvalue weighted by atomic mass is 28.4. The molecule has 0 rings (SSSR count). The molecule has 0 atom stereocenters. The molecule has 47 heavy (non-hydrogen) atoms. The number of ether oxygens (including phenoxy) is 8. The maximum Gasteiger partial charge on any atom is 0.183 e. The summed E-state index contributed by atoms with van der Waals surface area (Å²) in [6, 6.07) is 0. The van der Waals surface area contributed by atoms with Crippen LogP contribution in [0.15, 0.2) is 0 Å². The number of rotatable bonds is 42. The zero-order valence-corrected chi connectivity index (χ0v) is 32.5. The molecule has 0 heterocycles. The first kappa shape index (κ1) is 46.9. The van der Waals surface area contributed by atoms with Crippen molar-refractivity contribution in [1.29, 1.82) is 0 Å². The lowest BCUT2D eigenvalue weighted by Gasteiger charge is -2.16. The zero-order valence-electron chi connectivity index (χ0n) is 31.5. The first-order valence-electron chi connectivity index (χ1n) is 19.3. The summed E-state index contributed by atoms with van der Waals surface area (Å²) >= 11 is 0. The normalized spacial score (nSPS) is 12.0. The van der Waals surface area contributed by atoms with Crippen molar-refractivity contribution < 1.29 is 42.3 Å². The number of unbranched alkanes of at least 4 members (excludes halogenated alkanes) is 15. The second-order valence-corrected chi connectivity index (χ2v) is 17.7. The van der Waals surface area contributed by atoms with Gasteiger partial charge in [-0.25, -0.2) is 0 Å². The van der Waals surface area contributed by atoms with Crippen LogP contribution in [0.3, 0.4) is 0 Å². The van der Waals surface area contributed by atoms with Crippen molar-refractivity contribution in [3.8, 4) is 0 Å². The molecule has 0 aromatic rings. The average Bonchev–Trinajstić information content (AvgIpc) is 3.05. The van der Waals surface area contributed by atoms with E-state index in [1.165, 1.54) is 96.3 Å². The van der Waals surface area contributed by atoms with E-state index in [0.717, 1.165) is 13.0 Å². The summed E-state index contributed by atoms with van der Waals surface area (Å²) in [7, 11) is -1.44. The molecular formula is C37H78O9Si. The molecule has 0 saturated carbocycles. The third-order valence-corrected chi connectivity index (χ3v) is 8.58. The fraction of sp³-hybridized carbons (Fsp3) is 1.00. The molecule has 9 nitrogen and oxygen atoms in total. The van der Waals surface area contributed by atoms with Crippen LogP contribution < -0.4 is 0 Å². The van der Waals surface area contributed by atoms with Gasteiger partial charge in [0.1, 0.15) is 0 Å². The molecule has 0 spiro atoms. The van der Waals surface area contributed by atoms with Crippen LogP contribution in [0.5, 0.6) is 0 Å². The maximum absolute atomic E-state index is 5.73. The minimum absolute atomic E-state index is 0.542. The summed E-state index contributed by atoms with van der Waals surface area (Å²) in [4.78, 5) is 0. The Kier molecular flexibility index (Phi) is 40.2. The molecule has 0 bridgehead atoms. The molecule has 0 aromatic heterocycles. The predicted octanol–water partition coefficient (Wildman–Crippen LogP) is 8.23. The predicted molar refractivity (Wildman–Crippen MR) is 195 cm³/mol. The van der Waals surface area contributed by atoms with E-state index < -0.39 is 8.32 Å². The quantitative estimate of drug-likeness (QED) is 0.0464. The Bertz CT molecular complexity index is 566.